The van der Waals surface area contributed by atoms with Crippen LogP contribution in [0.3, 0.4) is 0 Å². The summed E-state index contributed by atoms with van der Waals surface area (Å²) in [6.07, 6.45) is 11.2. The van der Waals surface area contributed by atoms with Gasteiger partial charge in [0.05, 0.1) is 11.6 Å². The molecule has 0 aromatic carbocycles. The molecule has 0 unspecified atom stereocenters. The Morgan fingerprint density at radius 3 is 2.64 bits per heavy atom. The van der Waals surface area contributed by atoms with E-state index in [0.717, 1.165) is 55.6 Å². The molecule has 2 aliphatic rings. The molecule has 3 heterocycles. The Hall–Kier alpha value is -2.18. The molecule has 1 aliphatic heterocycles. The average Bonchev–Trinajstić information content (AvgIpc) is 3.05. The second-order valence-corrected chi connectivity index (χ2v) is 7.31. The molecule has 2 aromatic heterocycles. The maximum Gasteiger partial charge on any atom is 0.225 e. The Kier molecular flexibility index (Phi) is 4.55. The molecule has 2 aromatic rings. The summed E-state index contributed by atoms with van der Waals surface area (Å²) in [6, 6.07) is 0.341. The molecule has 0 spiro atoms. The number of piperidine rings is 1. The number of rotatable bonds is 3. The van der Waals surface area contributed by atoms with Gasteiger partial charge in [-0.1, -0.05) is 19.3 Å². The van der Waals surface area contributed by atoms with Gasteiger partial charge in [-0.25, -0.2) is 9.97 Å². The van der Waals surface area contributed by atoms with Crippen LogP contribution in [0.25, 0.3) is 11.0 Å². The standard InChI is InChI=1S/C18H26N6O/c1-23-17-15(11-21-23)16(19-12-20-17)22-14-7-9-24(10-8-14)18(25)13-5-3-2-4-6-13/h11-14H,2-10H2,1H3,(H,19,20,22). The third-order valence-electron chi connectivity index (χ3n) is 5.63. The molecule has 7 nitrogen and oxygen atoms in total. The number of fused-ring (bicyclic) bond motifs is 1. The Labute approximate surface area is 147 Å². The van der Waals surface area contributed by atoms with Gasteiger partial charge in [0, 0.05) is 32.1 Å². The zero-order valence-corrected chi connectivity index (χ0v) is 14.8. The number of amides is 1. The van der Waals surface area contributed by atoms with Crippen molar-refractivity contribution in [1.29, 1.82) is 0 Å². The number of aryl methyl sites for hydroxylation is 1. The average molecular weight is 342 g/mol. The van der Waals surface area contributed by atoms with Crippen molar-refractivity contribution in [1.82, 2.24) is 24.6 Å². The molecule has 0 atom stereocenters. The molecule has 1 aliphatic carbocycles. The summed E-state index contributed by atoms with van der Waals surface area (Å²) in [5, 5.41) is 8.74. The summed E-state index contributed by atoms with van der Waals surface area (Å²) in [4.78, 5) is 23.4. The van der Waals surface area contributed by atoms with E-state index >= 15 is 0 Å². The predicted octanol–water partition coefficient (Wildman–Crippen LogP) is 2.35. The van der Waals surface area contributed by atoms with Crippen molar-refractivity contribution in [3.63, 3.8) is 0 Å². The smallest absolute Gasteiger partial charge is 0.225 e. The van der Waals surface area contributed by atoms with E-state index in [4.69, 9.17) is 0 Å². The van der Waals surface area contributed by atoms with Crippen LogP contribution < -0.4 is 5.32 Å². The van der Waals surface area contributed by atoms with E-state index in [1.807, 2.05) is 7.05 Å². The van der Waals surface area contributed by atoms with Gasteiger partial charge in [-0.3, -0.25) is 9.48 Å². The topological polar surface area (TPSA) is 75.9 Å². The molecule has 1 saturated carbocycles. The minimum Gasteiger partial charge on any atom is -0.366 e. The number of carbonyl (C=O) groups is 1. The van der Waals surface area contributed by atoms with Crippen molar-refractivity contribution >= 4 is 22.8 Å². The van der Waals surface area contributed by atoms with Gasteiger partial charge in [-0.05, 0) is 25.7 Å². The Morgan fingerprint density at radius 1 is 1.12 bits per heavy atom. The van der Waals surface area contributed by atoms with Crippen LogP contribution in [0.4, 0.5) is 5.82 Å². The molecule has 1 N–H and O–H groups in total. The molecule has 1 amide bonds. The first-order chi connectivity index (χ1) is 12.2. The minimum atomic E-state index is 0.273. The van der Waals surface area contributed by atoms with E-state index in [0.29, 0.717) is 11.9 Å². The second-order valence-electron chi connectivity index (χ2n) is 7.31. The summed E-state index contributed by atoms with van der Waals surface area (Å²) in [5.74, 6) is 1.50. The Bertz CT molecular complexity index is 743. The van der Waals surface area contributed by atoms with Crippen LogP contribution in [0, 0.1) is 5.92 Å². The van der Waals surface area contributed by atoms with Crippen LogP contribution in [-0.4, -0.2) is 49.7 Å². The lowest BCUT2D eigenvalue weighted by molar-refractivity contribution is -0.137. The molecule has 2 fully saturated rings. The highest BCUT2D eigenvalue weighted by molar-refractivity contribution is 5.86. The molecular weight excluding hydrogens is 316 g/mol. The van der Waals surface area contributed by atoms with Gasteiger partial charge in [0.2, 0.25) is 5.91 Å². The highest BCUT2D eigenvalue weighted by atomic mass is 16.2. The third kappa shape index (κ3) is 3.32. The molecule has 134 valence electrons. The lowest BCUT2D eigenvalue weighted by atomic mass is 9.87. The summed E-state index contributed by atoms with van der Waals surface area (Å²) in [6.45, 7) is 1.68. The maximum atomic E-state index is 12.7. The van der Waals surface area contributed by atoms with E-state index in [9.17, 15) is 4.79 Å². The molecule has 4 rings (SSSR count). The van der Waals surface area contributed by atoms with Crippen LogP contribution in [0.1, 0.15) is 44.9 Å². The molecule has 25 heavy (non-hydrogen) atoms. The first-order valence-corrected chi connectivity index (χ1v) is 9.40. The van der Waals surface area contributed by atoms with Crippen molar-refractivity contribution in [3.05, 3.63) is 12.5 Å². The molecule has 7 heteroatoms. The van der Waals surface area contributed by atoms with E-state index in [1.54, 1.807) is 17.2 Å². The first kappa shape index (κ1) is 16.3. The van der Waals surface area contributed by atoms with Crippen LogP contribution in [0.5, 0.6) is 0 Å². The lowest BCUT2D eigenvalue weighted by Crippen LogP contribution is -2.45. The number of hydrogen-bond acceptors (Lipinski definition) is 5. The van der Waals surface area contributed by atoms with E-state index in [-0.39, 0.29) is 5.92 Å². The monoisotopic (exact) mass is 342 g/mol. The van der Waals surface area contributed by atoms with Gasteiger partial charge in [0.25, 0.3) is 0 Å². The van der Waals surface area contributed by atoms with E-state index in [2.05, 4.69) is 25.3 Å². The first-order valence-electron chi connectivity index (χ1n) is 9.40. The third-order valence-corrected chi connectivity index (χ3v) is 5.63. The second kappa shape index (κ2) is 6.98. The molecule has 0 bridgehead atoms. The number of nitrogens with zero attached hydrogens (tertiary/aromatic N) is 5. The van der Waals surface area contributed by atoms with Gasteiger partial charge < -0.3 is 10.2 Å². The van der Waals surface area contributed by atoms with Gasteiger partial charge in [0.15, 0.2) is 5.65 Å². The maximum absolute atomic E-state index is 12.7. The normalized spacial score (nSPS) is 20.1. The summed E-state index contributed by atoms with van der Waals surface area (Å²) >= 11 is 0. The predicted molar refractivity (Wildman–Crippen MR) is 96.1 cm³/mol. The Balaban J connectivity index is 1.36. The number of likely N-dealkylation sites (tertiary alicyclic amines) is 1. The van der Waals surface area contributed by atoms with Crippen molar-refractivity contribution in [2.75, 3.05) is 18.4 Å². The molecule has 0 radical (unpaired) electrons. The van der Waals surface area contributed by atoms with Gasteiger partial charge in [0.1, 0.15) is 12.1 Å². The number of nitrogens with one attached hydrogen (secondary N) is 1. The Morgan fingerprint density at radius 2 is 1.88 bits per heavy atom. The highest BCUT2D eigenvalue weighted by Crippen LogP contribution is 2.27. The highest BCUT2D eigenvalue weighted by Gasteiger charge is 2.29. The fourth-order valence-electron chi connectivity index (χ4n) is 4.12. The van der Waals surface area contributed by atoms with Crippen molar-refractivity contribution in [2.45, 2.75) is 51.0 Å². The zero-order valence-electron chi connectivity index (χ0n) is 14.8. The molecular formula is C18H26N6O. The van der Waals surface area contributed by atoms with Gasteiger partial charge in [-0.15, -0.1) is 0 Å². The van der Waals surface area contributed by atoms with Crippen LogP contribution in [-0.2, 0) is 11.8 Å². The number of hydrogen-bond donors (Lipinski definition) is 1. The SMILES string of the molecule is Cn1ncc2c(NC3CCN(C(=O)C4CCCCC4)CC3)ncnc21. The number of carbonyl (C=O) groups excluding carboxylic acids is 1. The summed E-state index contributed by atoms with van der Waals surface area (Å²) in [5.41, 5.74) is 0.836. The molecule has 1 saturated heterocycles. The van der Waals surface area contributed by atoms with Crippen molar-refractivity contribution in [2.24, 2.45) is 13.0 Å². The summed E-state index contributed by atoms with van der Waals surface area (Å²) in [7, 11) is 1.88. The van der Waals surface area contributed by atoms with Crippen LogP contribution >= 0.6 is 0 Å². The van der Waals surface area contributed by atoms with E-state index < -0.39 is 0 Å². The number of aromatic nitrogens is 4. The largest absolute Gasteiger partial charge is 0.366 e. The van der Waals surface area contributed by atoms with Crippen molar-refractivity contribution in [3.8, 4) is 0 Å². The van der Waals surface area contributed by atoms with E-state index in [1.165, 1.54) is 19.3 Å². The van der Waals surface area contributed by atoms with Gasteiger partial charge >= 0.3 is 0 Å². The summed E-state index contributed by atoms with van der Waals surface area (Å²) < 4.78 is 1.76. The van der Waals surface area contributed by atoms with Crippen molar-refractivity contribution < 1.29 is 4.79 Å². The minimum absolute atomic E-state index is 0.273. The zero-order chi connectivity index (χ0) is 17.2. The lowest BCUT2D eigenvalue weighted by Gasteiger charge is -2.35. The fourth-order valence-corrected chi connectivity index (χ4v) is 4.12. The fraction of sp³-hybridized carbons (Fsp3) is 0.667. The van der Waals surface area contributed by atoms with Crippen LogP contribution in [0.2, 0.25) is 0 Å². The number of anilines is 1. The quantitative estimate of drug-likeness (QED) is 0.926. The van der Waals surface area contributed by atoms with Gasteiger partial charge in [-0.2, -0.15) is 5.10 Å². The van der Waals surface area contributed by atoms with Crippen LogP contribution in [0.15, 0.2) is 12.5 Å².